The lowest BCUT2D eigenvalue weighted by Gasteiger charge is -2.07. The summed E-state index contributed by atoms with van der Waals surface area (Å²) in [5, 5.41) is 13.9. The first-order valence-electron chi connectivity index (χ1n) is 4.93. The zero-order chi connectivity index (χ0) is 12.3. The molecular weight excluding hydrogens is 331 g/mol. The molecule has 86 valence electrons. The minimum Gasteiger partial charge on any atom is -0.350 e. The Bertz CT molecular complexity index is 543. The molecule has 2 rings (SSSR count). The van der Waals surface area contributed by atoms with Crippen molar-refractivity contribution in [2.75, 3.05) is 5.32 Å². The molecule has 1 N–H and O–H groups in total. The summed E-state index contributed by atoms with van der Waals surface area (Å²) in [6.07, 6.45) is 0. The van der Waals surface area contributed by atoms with Gasteiger partial charge in [-0.1, -0.05) is 18.2 Å². The molecule has 0 fully saturated rings. The molecule has 17 heavy (non-hydrogen) atoms. The van der Waals surface area contributed by atoms with Crippen LogP contribution in [0.4, 0.5) is 17.1 Å². The van der Waals surface area contributed by atoms with E-state index < -0.39 is 0 Å². The van der Waals surface area contributed by atoms with E-state index in [0.29, 0.717) is 5.69 Å². The van der Waals surface area contributed by atoms with Gasteiger partial charge in [-0.25, -0.2) is 0 Å². The zero-order valence-corrected chi connectivity index (χ0v) is 10.9. The summed E-state index contributed by atoms with van der Waals surface area (Å²) in [5.41, 5.74) is 1.42. The van der Waals surface area contributed by atoms with Crippen molar-refractivity contribution in [3.05, 3.63) is 62.2 Å². The van der Waals surface area contributed by atoms with E-state index in [1.165, 1.54) is 6.07 Å². The number of rotatable bonds is 3. The second-order valence-electron chi connectivity index (χ2n) is 3.41. The lowest BCUT2D eigenvalue weighted by atomic mass is 10.2. The largest absolute Gasteiger partial charge is 0.350 e. The Balaban J connectivity index is 2.37. The van der Waals surface area contributed by atoms with Crippen LogP contribution in [0.1, 0.15) is 0 Å². The molecule has 0 aromatic heterocycles. The molecule has 0 radical (unpaired) electrons. The second-order valence-corrected chi connectivity index (χ2v) is 4.66. The third kappa shape index (κ3) is 2.94. The lowest BCUT2D eigenvalue weighted by molar-refractivity contribution is -0.383. The van der Waals surface area contributed by atoms with Crippen molar-refractivity contribution in [1.82, 2.24) is 0 Å². The molecule has 4 nitrogen and oxygen atoms in total. The molecule has 0 atom stereocenters. The summed E-state index contributed by atoms with van der Waals surface area (Å²) in [5.74, 6) is 0. The Labute approximate surface area is 112 Å². The van der Waals surface area contributed by atoms with Crippen LogP contribution in [0.3, 0.4) is 0 Å². The standard InChI is InChI=1S/C12H9IN2O2/c13-9-6-7-12(15(16)17)11(8-9)14-10-4-2-1-3-5-10/h1-8,14H. The molecule has 0 aliphatic carbocycles. The quantitative estimate of drug-likeness (QED) is 0.523. The van der Waals surface area contributed by atoms with Gasteiger partial charge < -0.3 is 5.32 Å². The number of hydrogen-bond acceptors (Lipinski definition) is 3. The van der Waals surface area contributed by atoms with E-state index >= 15 is 0 Å². The van der Waals surface area contributed by atoms with Crippen LogP contribution < -0.4 is 5.32 Å². The van der Waals surface area contributed by atoms with Crippen molar-refractivity contribution >= 4 is 39.7 Å². The number of anilines is 2. The Morgan fingerprint density at radius 2 is 1.82 bits per heavy atom. The second kappa shape index (κ2) is 5.13. The minimum absolute atomic E-state index is 0.0780. The summed E-state index contributed by atoms with van der Waals surface area (Å²) in [4.78, 5) is 10.5. The van der Waals surface area contributed by atoms with Crippen molar-refractivity contribution in [3.63, 3.8) is 0 Å². The number of nitro benzene ring substituents is 1. The van der Waals surface area contributed by atoms with Crippen molar-refractivity contribution in [2.45, 2.75) is 0 Å². The highest BCUT2D eigenvalue weighted by Gasteiger charge is 2.13. The Morgan fingerprint density at radius 1 is 1.12 bits per heavy atom. The van der Waals surface area contributed by atoms with Crippen LogP contribution in [0.2, 0.25) is 0 Å². The van der Waals surface area contributed by atoms with E-state index in [9.17, 15) is 10.1 Å². The molecule has 0 amide bonds. The van der Waals surface area contributed by atoms with Crippen LogP contribution in [-0.2, 0) is 0 Å². The van der Waals surface area contributed by atoms with Gasteiger partial charge in [0.05, 0.1) is 4.92 Å². The molecule has 2 aromatic carbocycles. The first kappa shape index (κ1) is 11.8. The average molecular weight is 340 g/mol. The van der Waals surface area contributed by atoms with Crippen LogP contribution in [-0.4, -0.2) is 4.92 Å². The number of nitro groups is 1. The smallest absolute Gasteiger partial charge is 0.292 e. The van der Waals surface area contributed by atoms with Crippen molar-refractivity contribution < 1.29 is 4.92 Å². The number of halogens is 1. The van der Waals surface area contributed by atoms with E-state index in [1.54, 1.807) is 12.1 Å². The Kier molecular flexibility index (Phi) is 3.58. The molecule has 0 heterocycles. The molecule has 0 aliphatic rings. The molecule has 0 saturated carbocycles. The van der Waals surface area contributed by atoms with Gasteiger partial charge in [-0.3, -0.25) is 10.1 Å². The van der Waals surface area contributed by atoms with Crippen LogP contribution in [0.5, 0.6) is 0 Å². The van der Waals surface area contributed by atoms with Gasteiger partial charge in [-0.2, -0.15) is 0 Å². The maximum atomic E-state index is 10.9. The first-order valence-corrected chi connectivity index (χ1v) is 6.01. The van der Waals surface area contributed by atoms with Crippen LogP contribution >= 0.6 is 22.6 Å². The van der Waals surface area contributed by atoms with E-state index in [4.69, 9.17) is 0 Å². The fourth-order valence-electron chi connectivity index (χ4n) is 1.44. The number of hydrogen-bond donors (Lipinski definition) is 1. The van der Waals surface area contributed by atoms with Crippen molar-refractivity contribution in [1.29, 1.82) is 0 Å². The van der Waals surface area contributed by atoms with Crippen LogP contribution in [0, 0.1) is 13.7 Å². The van der Waals surface area contributed by atoms with E-state index in [-0.39, 0.29) is 10.6 Å². The molecule has 0 bridgehead atoms. The topological polar surface area (TPSA) is 55.2 Å². The summed E-state index contributed by atoms with van der Waals surface area (Å²) >= 11 is 2.13. The predicted molar refractivity (Wildman–Crippen MR) is 75.5 cm³/mol. The molecular formula is C12H9IN2O2. The van der Waals surface area contributed by atoms with E-state index in [2.05, 4.69) is 27.9 Å². The minimum atomic E-state index is -0.388. The number of benzene rings is 2. The SMILES string of the molecule is O=[N+]([O-])c1ccc(I)cc1Nc1ccccc1. The summed E-state index contributed by atoms with van der Waals surface area (Å²) in [6.45, 7) is 0. The predicted octanol–water partition coefficient (Wildman–Crippen LogP) is 3.94. The van der Waals surface area contributed by atoms with E-state index in [1.807, 2.05) is 30.3 Å². The van der Waals surface area contributed by atoms with E-state index in [0.717, 1.165) is 9.26 Å². The zero-order valence-electron chi connectivity index (χ0n) is 8.76. The highest BCUT2D eigenvalue weighted by Crippen LogP contribution is 2.28. The number of para-hydroxylation sites is 1. The van der Waals surface area contributed by atoms with Crippen LogP contribution in [0.15, 0.2) is 48.5 Å². The van der Waals surface area contributed by atoms with Gasteiger partial charge in [-0.15, -0.1) is 0 Å². The summed E-state index contributed by atoms with van der Waals surface area (Å²) in [7, 11) is 0. The van der Waals surface area contributed by atoms with Gasteiger partial charge in [0.2, 0.25) is 0 Å². The van der Waals surface area contributed by atoms with Gasteiger partial charge in [-0.05, 0) is 46.9 Å². The van der Waals surface area contributed by atoms with Crippen molar-refractivity contribution in [3.8, 4) is 0 Å². The molecule has 0 spiro atoms. The van der Waals surface area contributed by atoms with Crippen molar-refractivity contribution in [2.24, 2.45) is 0 Å². The first-order chi connectivity index (χ1) is 8.16. The van der Waals surface area contributed by atoms with Gasteiger partial charge in [0, 0.05) is 15.3 Å². The molecule has 2 aromatic rings. The normalized spacial score (nSPS) is 9.94. The van der Waals surface area contributed by atoms with Crippen LogP contribution in [0.25, 0.3) is 0 Å². The summed E-state index contributed by atoms with van der Waals surface area (Å²) in [6, 6.07) is 14.4. The third-order valence-corrected chi connectivity index (χ3v) is 2.88. The molecule has 0 aliphatic heterocycles. The maximum Gasteiger partial charge on any atom is 0.292 e. The van der Waals surface area contributed by atoms with Gasteiger partial charge in [0.15, 0.2) is 0 Å². The lowest BCUT2D eigenvalue weighted by Crippen LogP contribution is -1.97. The summed E-state index contributed by atoms with van der Waals surface area (Å²) < 4.78 is 0.951. The number of nitrogens with one attached hydrogen (secondary N) is 1. The molecule has 0 saturated heterocycles. The monoisotopic (exact) mass is 340 g/mol. The maximum absolute atomic E-state index is 10.9. The fourth-order valence-corrected chi connectivity index (χ4v) is 1.94. The fraction of sp³-hybridized carbons (Fsp3) is 0. The van der Waals surface area contributed by atoms with Gasteiger partial charge in [0.25, 0.3) is 5.69 Å². The molecule has 5 heteroatoms. The molecule has 0 unspecified atom stereocenters. The Morgan fingerprint density at radius 3 is 2.47 bits per heavy atom. The highest BCUT2D eigenvalue weighted by atomic mass is 127. The third-order valence-electron chi connectivity index (χ3n) is 2.21. The highest BCUT2D eigenvalue weighted by molar-refractivity contribution is 14.1. The van der Waals surface area contributed by atoms with Gasteiger partial charge >= 0.3 is 0 Å². The van der Waals surface area contributed by atoms with Gasteiger partial charge in [0.1, 0.15) is 5.69 Å². The average Bonchev–Trinajstić information content (AvgIpc) is 2.30. The Hall–Kier alpha value is -1.63. The number of nitrogens with zero attached hydrogens (tertiary/aromatic N) is 1.